The van der Waals surface area contributed by atoms with E-state index >= 15 is 0 Å². The van der Waals surface area contributed by atoms with Crippen molar-refractivity contribution in [3.63, 3.8) is 0 Å². The molecule has 0 bridgehead atoms. The van der Waals surface area contributed by atoms with Gasteiger partial charge in [0.15, 0.2) is 6.23 Å². The third-order valence-electron chi connectivity index (χ3n) is 2.86. The van der Waals surface area contributed by atoms with Crippen LogP contribution in [0.5, 0.6) is 5.75 Å². The van der Waals surface area contributed by atoms with Crippen LogP contribution in [-0.2, 0) is 0 Å². The highest BCUT2D eigenvalue weighted by molar-refractivity contribution is 5.62. The molecule has 0 radical (unpaired) electrons. The highest BCUT2D eigenvalue weighted by Crippen LogP contribution is 2.39. The van der Waals surface area contributed by atoms with E-state index in [2.05, 4.69) is 50.8 Å². The van der Waals surface area contributed by atoms with E-state index in [1.54, 1.807) is 0 Å². The van der Waals surface area contributed by atoms with E-state index in [9.17, 15) is 0 Å². The SMILES string of the molecule is CC(C)CN1c2ccccc2OC1C(C)C. The summed E-state index contributed by atoms with van der Waals surface area (Å²) in [6.45, 7) is 9.98. The van der Waals surface area contributed by atoms with Gasteiger partial charge in [-0.15, -0.1) is 0 Å². The molecule has 1 aliphatic heterocycles. The molecule has 1 heterocycles. The van der Waals surface area contributed by atoms with Gasteiger partial charge < -0.3 is 9.64 Å². The van der Waals surface area contributed by atoms with E-state index in [0.717, 1.165) is 12.3 Å². The second-order valence-electron chi connectivity index (χ2n) is 5.27. The van der Waals surface area contributed by atoms with Gasteiger partial charge in [0, 0.05) is 12.5 Å². The Morgan fingerprint density at radius 2 is 1.88 bits per heavy atom. The molecule has 0 aromatic heterocycles. The average molecular weight is 219 g/mol. The smallest absolute Gasteiger partial charge is 0.174 e. The van der Waals surface area contributed by atoms with Crippen molar-refractivity contribution in [1.29, 1.82) is 0 Å². The second-order valence-corrected chi connectivity index (χ2v) is 5.27. The lowest BCUT2D eigenvalue weighted by Gasteiger charge is -2.29. The van der Waals surface area contributed by atoms with Crippen LogP contribution in [0, 0.1) is 11.8 Å². The highest BCUT2D eigenvalue weighted by atomic mass is 16.5. The Balaban J connectivity index is 2.28. The molecule has 1 aromatic rings. The fourth-order valence-corrected chi connectivity index (χ4v) is 2.22. The zero-order valence-electron chi connectivity index (χ0n) is 10.6. The van der Waals surface area contributed by atoms with Crippen LogP contribution in [0.3, 0.4) is 0 Å². The summed E-state index contributed by atoms with van der Waals surface area (Å²) in [5.74, 6) is 2.18. The van der Waals surface area contributed by atoms with E-state index in [1.807, 2.05) is 6.07 Å². The van der Waals surface area contributed by atoms with Crippen molar-refractivity contribution >= 4 is 5.69 Å². The molecule has 0 fully saturated rings. The van der Waals surface area contributed by atoms with Gasteiger partial charge in [0.2, 0.25) is 0 Å². The monoisotopic (exact) mass is 219 g/mol. The topological polar surface area (TPSA) is 12.5 Å². The van der Waals surface area contributed by atoms with Crippen LogP contribution < -0.4 is 9.64 Å². The molecule has 0 N–H and O–H groups in total. The Bertz CT molecular complexity index is 360. The zero-order valence-corrected chi connectivity index (χ0v) is 10.6. The largest absolute Gasteiger partial charge is 0.468 e. The maximum absolute atomic E-state index is 6.01. The van der Waals surface area contributed by atoms with Crippen LogP contribution in [0.1, 0.15) is 27.7 Å². The molecule has 1 aromatic carbocycles. The summed E-state index contributed by atoms with van der Waals surface area (Å²) in [5, 5.41) is 0. The van der Waals surface area contributed by atoms with Crippen LogP contribution >= 0.6 is 0 Å². The van der Waals surface area contributed by atoms with Crippen LogP contribution in [-0.4, -0.2) is 12.8 Å². The minimum atomic E-state index is 0.194. The Kier molecular flexibility index (Phi) is 3.08. The third-order valence-corrected chi connectivity index (χ3v) is 2.86. The van der Waals surface area contributed by atoms with Crippen molar-refractivity contribution in [1.82, 2.24) is 0 Å². The van der Waals surface area contributed by atoms with Crippen LogP contribution in [0.2, 0.25) is 0 Å². The van der Waals surface area contributed by atoms with Gasteiger partial charge in [-0.1, -0.05) is 39.8 Å². The zero-order chi connectivity index (χ0) is 11.7. The summed E-state index contributed by atoms with van der Waals surface area (Å²) in [5.41, 5.74) is 1.25. The summed E-state index contributed by atoms with van der Waals surface area (Å²) in [7, 11) is 0. The molecule has 1 unspecified atom stereocenters. The molecular weight excluding hydrogens is 198 g/mol. The number of benzene rings is 1. The van der Waals surface area contributed by atoms with Gasteiger partial charge in [-0.25, -0.2) is 0 Å². The number of hydrogen-bond acceptors (Lipinski definition) is 2. The van der Waals surface area contributed by atoms with Gasteiger partial charge in [0.25, 0.3) is 0 Å². The fraction of sp³-hybridized carbons (Fsp3) is 0.571. The Morgan fingerprint density at radius 1 is 1.19 bits per heavy atom. The molecule has 2 rings (SSSR count). The van der Waals surface area contributed by atoms with Crippen LogP contribution in [0.25, 0.3) is 0 Å². The van der Waals surface area contributed by atoms with Gasteiger partial charge in [0.05, 0.1) is 5.69 Å². The first kappa shape index (κ1) is 11.3. The van der Waals surface area contributed by atoms with Gasteiger partial charge >= 0.3 is 0 Å². The van der Waals surface area contributed by atoms with Crippen molar-refractivity contribution in [3.8, 4) is 5.75 Å². The molecule has 0 aliphatic carbocycles. The van der Waals surface area contributed by atoms with Crippen molar-refractivity contribution in [2.75, 3.05) is 11.4 Å². The predicted octanol–water partition coefficient (Wildman–Crippen LogP) is 3.52. The van der Waals surface area contributed by atoms with E-state index in [0.29, 0.717) is 11.8 Å². The lowest BCUT2D eigenvalue weighted by Crippen LogP contribution is -2.40. The quantitative estimate of drug-likeness (QED) is 0.771. The molecule has 2 heteroatoms. The average Bonchev–Trinajstić information content (AvgIpc) is 2.57. The van der Waals surface area contributed by atoms with Crippen molar-refractivity contribution in [3.05, 3.63) is 24.3 Å². The molecular formula is C14H21NO. The van der Waals surface area contributed by atoms with Gasteiger partial charge in [-0.05, 0) is 18.1 Å². The van der Waals surface area contributed by atoms with Gasteiger partial charge in [-0.2, -0.15) is 0 Å². The molecule has 1 atom stereocenters. The van der Waals surface area contributed by atoms with E-state index in [4.69, 9.17) is 4.74 Å². The lowest BCUT2D eigenvalue weighted by atomic mass is 10.1. The third kappa shape index (κ3) is 2.01. The minimum Gasteiger partial charge on any atom is -0.468 e. The number of anilines is 1. The van der Waals surface area contributed by atoms with E-state index in [1.165, 1.54) is 5.69 Å². The normalized spacial score (nSPS) is 19.1. The molecule has 2 nitrogen and oxygen atoms in total. The number of rotatable bonds is 3. The summed E-state index contributed by atoms with van der Waals surface area (Å²) < 4.78 is 6.01. The Morgan fingerprint density at radius 3 is 2.50 bits per heavy atom. The van der Waals surface area contributed by atoms with Crippen molar-refractivity contribution in [2.45, 2.75) is 33.9 Å². The summed E-state index contributed by atoms with van der Waals surface area (Å²) in [6.07, 6.45) is 0.194. The highest BCUT2D eigenvalue weighted by Gasteiger charge is 2.32. The molecule has 16 heavy (non-hydrogen) atoms. The summed E-state index contributed by atoms with van der Waals surface area (Å²) in [6, 6.07) is 8.33. The molecule has 88 valence electrons. The van der Waals surface area contributed by atoms with Crippen LogP contribution in [0.4, 0.5) is 5.69 Å². The number of hydrogen-bond donors (Lipinski definition) is 0. The first-order chi connectivity index (χ1) is 7.59. The maximum atomic E-state index is 6.01. The van der Waals surface area contributed by atoms with E-state index < -0.39 is 0 Å². The number of nitrogens with zero attached hydrogens (tertiary/aromatic N) is 1. The lowest BCUT2D eigenvalue weighted by molar-refractivity contribution is 0.167. The van der Waals surface area contributed by atoms with E-state index in [-0.39, 0.29) is 6.23 Å². The second kappa shape index (κ2) is 4.36. The van der Waals surface area contributed by atoms with Crippen molar-refractivity contribution in [2.24, 2.45) is 11.8 Å². The molecule has 1 aliphatic rings. The molecule has 0 saturated heterocycles. The first-order valence-corrected chi connectivity index (χ1v) is 6.12. The number of fused-ring (bicyclic) bond motifs is 1. The van der Waals surface area contributed by atoms with Crippen LogP contribution in [0.15, 0.2) is 24.3 Å². The molecule has 0 saturated carbocycles. The maximum Gasteiger partial charge on any atom is 0.174 e. The molecule has 0 spiro atoms. The van der Waals surface area contributed by atoms with Crippen molar-refractivity contribution < 1.29 is 4.74 Å². The summed E-state index contributed by atoms with van der Waals surface area (Å²) in [4.78, 5) is 2.39. The molecule has 0 amide bonds. The predicted molar refractivity (Wildman–Crippen MR) is 67.9 cm³/mol. The van der Waals surface area contributed by atoms with Gasteiger partial charge in [-0.3, -0.25) is 0 Å². The summed E-state index contributed by atoms with van der Waals surface area (Å²) >= 11 is 0. The Labute approximate surface area is 98.2 Å². The minimum absolute atomic E-state index is 0.194. The number of ether oxygens (including phenoxy) is 1. The first-order valence-electron chi connectivity index (χ1n) is 6.12. The standard InChI is InChI=1S/C14H21NO/c1-10(2)9-15-12-7-5-6-8-13(12)16-14(15)11(3)4/h5-8,10-11,14H,9H2,1-4H3. The van der Waals surface area contributed by atoms with Gasteiger partial charge in [0.1, 0.15) is 5.75 Å². The Hall–Kier alpha value is -1.18. The fourth-order valence-electron chi connectivity index (χ4n) is 2.22. The number of para-hydroxylation sites is 2.